The van der Waals surface area contributed by atoms with Crippen LogP contribution in [0.25, 0.3) is 11.0 Å². The molecular formula is C14H15N4O3-. The standard InChI is InChI=1S/C14H16N4O3/c1-2-17-8-10(13(20)21)11(19)9-7-15-14(16-12(9)17)18-5-3-4-6-18/h7-8H,2-6H2,1H3,(H,20,21)/p-1. The lowest BCUT2D eigenvalue weighted by Crippen LogP contribution is -2.30. The predicted octanol–water partition coefficient (Wildman–Crippen LogP) is -0.225. The van der Waals surface area contributed by atoms with Gasteiger partial charge in [-0.15, -0.1) is 0 Å². The Kier molecular flexibility index (Phi) is 3.32. The van der Waals surface area contributed by atoms with Gasteiger partial charge in [0.1, 0.15) is 5.65 Å². The number of aromatic nitrogens is 3. The molecule has 110 valence electrons. The summed E-state index contributed by atoms with van der Waals surface area (Å²) < 4.78 is 1.64. The Bertz CT molecular complexity index is 763. The van der Waals surface area contributed by atoms with Crippen LogP contribution >= 0.6 is 0 Å². The minimum atomic E-state index is -1.48. The fourth-order valence-electron chi connectivity index (χ4n) is 2.62. The van der Waals surface area contributed by atoms with Crippen LogP contribution in [0.2, 0.25) is 0 Å². The van der Waals surface area contributed by atoms with Gasteiger partial charge in [0.05, 0.1) is 16.9 Å². The normalized spacial score (nSPS) is 14.8. The summed E-state index contributed by atoms with van der Waals surface area (Å²) in [4.78, 5) is 33.9. The van der Waals surface area contributed by atoms with Crippen molar-refractivity contribution in [1.82, 2.24) is 14.5 Å². The van der Waals surface area contributed by atoms with E-state index in [2.05, 4.69) is 14.9 Å². The molecule has 0 amide bonds. The van der Waals surface area contributed by atoms with Crippen molar-refractivity contribution < 1.29 is 9.90 Å². The van der Waals surface area contributed by atoms with Gasteiger partial charge in [-0.1, -0.05) is 0 Å². The molecule has 1 aliphatic heterocycles. The summed E-state index contributed by atoms with van der Waals surface area (Å²) in [7, 11) is 0. The fourth-order valence-corrected chi connectivity index (χ4v) is 2.62. The molecule has 1 saturated heterocycles. The van der Waals surface area contributed by atoms with Crippen molar-refractivity contribution in [2.75, 3.05) is 18.0 Å². The number of pyridine rings is 1. The van der Waals surface area contributed by atoms with Gasteiger partial charge in [0.25, 0.3) is 0 Å². The number of aryl methyl sites for hydroxylation is 1. The van der Waals surface area contributed by atoms with Crippen LogP contribution in [0.5, 0.6) is 0 Å². The van der Waals surface area contributed by atoms with Crippen molar-refractivity contribution in [2.45, 2.75) is 26.3 Å². The number of hydrogen-bond donors (Lipinski definition) is 0. The maximum absolute atomic E-state index is 12.1. The lowest BCUT2D eigenvalue weighted by Gasteiger charge is -2.17. The molecule has 0 aliphatic carbocycles. The molecule has 7 nitrogen and oxygen atoms in total. The minimum absolute atomic E-state index is 0.210. The number of fused-ring (bicyclic) bond motifs is 1. The van der Waals surface area contributed by atoms with E-state index in [0.29, 0.717) is 18.1 Å². The van der Waals surface area contributed by atoms with Gasteiger partial charge in [0, 0.05) is 32.0 Å². The molecule has 0 bridgehead atoms. The zero-order chi connectivity index (χ0) is 15.0. The van der Waals surface area contributed by atoms with Crippen molar-refractivity contribution in [3.8, 4) is 0 Å². The molecule has 2 aromatic rings. The molecule has 0 aromatic carbocycles. The molecule has 0 radical (unpaired) electrons. The van der Waals surface area contributed by atoms with Gasteiger partial charge in [-0.05, 0) is 19.8 Å². The Hall–Kier alpha value is -2.44. The maximum atomic E-state index is 12.1. The molecule has 2 aromatic heterocycles. The molecule has 0 saturated carbocycles. The maximum Gasteiger partial charge on any atom is 0.227 e. The zero-order valence-electron chi connectivity index (χ0n) is 11.7. The number of nitrogens with zero attached hydrogens (tertiary/aromatic N) is 4. The summed E-state index contributed by atoms with van der Waals surface area (Å²) in [6, 6.07) is 0. The molecule has 21 heavy (non-hydrogen) atoms. The summed E-state index contributed by atoms with van der Waals surface area (Å²) in [6.07, 6.45) is 4.91. The number of carboxylic acids is 1. The number of carbonyl (C=O) groups excluding carboxylic acids is 1. The van der Waals surface area contributed by atoms with Crippen molar-refractivity contribution >= 4 is 23.0 Å². The molecule has 3 rings (SSSR count). The first-order chi connectivity index (χ1) is 10.1. The van der Waals surface area contributed by atoms with Gasteiger partial charge in [0.2, 0.25) is 11.4 Å². The highest BCUT2D eigenvalue weighted by Crippen LogP contribution is 2.18. The van der Waals surface area contributed by atoms with E-state index in [1.807, 2.05) is 6.92 Å². The summed E-state index contributed by atoms with van der Waals surface area (Å²) in [5, 5.41) is 11.2. The molecule has 7 heteroatoms. The van der Waals surface area contributed by atoms with Crippen LogP contribution in [-0.2, 0) is 6.54 Å². The highest BCUT2D eigenvalue weighted by atomic mass is 16.4. The van der Waals surface area contributed by atoms with E-state index in [4.69, 9.17) is 0 Å². The Balaban J connectivity index is 2.23. The molecule has 0 spiro atoms. The second kappa shape index (κ2) is 5.16. The monoisotopic (exact) mass is 287 g/mol. The van der Waals surface area contributed by atoms with Crippen LogP contribution in [0.1, 0.15) is 30.1 Å². The van der Waals surface area contributed by atoms with E-state index in [0.717, 1.165) is 25.9 Å². The van der Waals surface area contributed by atoms with E-state index in [1.165, 1.54) is 12.4 Å². The van der Waals surface area contributed by atoms with E-state index >= 15 is 0 Å². The molecule has 3 heterocycles. The smallest absolute Gasteiger partial charge is 0.227 e. The van der Waals surface area contributed by atoms with Crippen LogP contribution in [0.3, 0.4) is 0 Å². The number of anilines is 1. The Labute approximate surface area is 120 Å². The van der Waals surface area contributed by atoms with Crippen LogP contribution in [-0.4, -0.2) is 33.6 Å². The topological polar surface area (TPSA) is 91.2 Å². The zero-order valence-corrected chi connectivity index (χ0v) is 11.7. The third-order valence-corrected chi connectivity index (χ3v) is 3.75. The summed E-state index contributed by atoms with van der Waals surface area (Å²) in [5.41, 5.74) is -0.492. The third kappa shape index (κ3) is 2.24. The van der Waals surface area contributed by atoms with Crippen LogP contribution < -0.4 is 15.4 Å². The molecule has 0 unspecified atom stereocenters. The molecule has 1 fully saturated rings. The van der Waals surface area contributed by atoms with E-state index in [-0.39, 0.29) is 10.9 Å². The SMILES string of the molecule is CCn1cc(C(=O)[O-])c(=O)c2cnc(N3CCCC3)nc21. The van der Waals surface area contributed by atoms with Gasteiger partial charge >= 0.3 is 0 Å². The van der Waals surface area contributed by atoms with Gasteiger partial charge in [-0.3, -0.25) is 4.79 Å². The quantitative estimate of drug-likeness (QED) is 0.774. The van der Waals surface area contributed by atoms with E-state index in [9.17, 15) is 14.7 Å². The van der Waals surface area contributed by atoms with E-state index < -0.39 is 11.4 Å². The van der Waals surface area contributed by atoms with Crippen molar-refractivity contribution in [3.05, 3.63) is 28.2 Å². The first-order valence-corrected chi connectivity index (χ1v) is 6.98. The van der Waals surface area contributed by atoms with E-state index in [1.54, 1.807) is 4.57 Å². The number of hydrogen-bond acceptors (Lipinski definition) is 6. The Morgan fingerprint density at radius 3 is 2.71 bits per heavy atom. The van der Waals surface area contributed by atoms with Crippen LogP contribution in [0, 0.1) is 0 Å². The van der Waals surface area contributed by atoms with Crippen molar-refractivity contribution in [1.29, 1.82) is 0 Å². The highest BCUT2D eigenvalue weighted by Gasteiger charge is 2.17. The Morgan fingerprint density at radius 2 is 2.10 bits per heavy atom. The lowest BCUT2D eigenvalue weighted by molar-refractivity contribution is -0.255. The number of carbonyl (C=O) groups is 1. The molecule has 0 atom stereocenters. The number of rotatable bonds is 3. The second-order valence-electron chi connectivity index (χ2n) is 5.05. The average Bonchev–Trinajstić information content (AvgIpc) is 3.01. The Morgan fingerprint density at radius 1 is 1.38 bits per heavy atom. The average molecular weight is 287 g/mol. The van der Waals surface area contributed by atoms with Gasteiger partial charge < -0.3 is 19.4 Å². The van der Waals surface area contributed by atoms with Crippen LogP contribution in [0.4, 0.5) is 5.95 Å². The molecule has 1 aliphatic rings. The third-order valence-electron chi connectivity index (χ3n) is 3.75. The fraction of sp³-hybridized carbons (Fsp3) is 0.429. The predicted molar refractivity (Wildman–Crippen MR) is 75.2 cm³/mol. The van der Waals surface area contributed by atoms with Crippen molar-refractivity contribution in [2.24, 2.45) is 0 Å². The second-order valence-corrected chi connectivity index (χ2v) is 5.05. The first-order valence-electron chi connectivity index (χ1n) is 6.98. The summed E-state index contributed by atoms with van der Waals surface area (Å²) in [6.45, 7) is 4.17. The van der Waals surface area contributed by atoms with Crippen LogP contribution in [0.15, 0.2) is 17.2 Å². The van der Waals surface area contributed by atoms with Crippen molar-refractivity contribution in [3.63, 3.8) is 0 Å². The highest BCUT2D eigenvalue weighted by molar-refractivity contribution is 5.90. The number of aromatic carboxylic acids is 1. The first kappa shape index (κ1) is 13.5. The minimum Gasteiger partial charge on any atom is -0.545 e. The molecular weight excluding hydrogens is 272 g/mol. The largest absolute Gasteiger partial charge is 0.545 e. The summed E-state index contributed by atoms with van der Waals surface area (Å²) >= 11 is 0. The van der Waals surface area contributed by atoms with Gasteiger partial charge in [0.15, 0.2) is 0 Å². The lowest BCUT2D eigenvalue weighted by atomic mass is 10.2. The van der Waals surface area contributed by atoms with Gasteiger partial charge in [-0.25, -0.2) is 4.98 Å². The number of carboxylic acid groups (broad SMARTS) is 1. The van der Waals surface area contributed by atoms with Gasteiger partial charge in [-0.2, -0.15) is 4.98 Å². The molecule has 0 N–H and O–H groups in total. The summed E-state index contributed by atoms with van der Waals surface area (Å²) in [5.74, 6) is -0.893.